The summed E-state index contributed by atoms with van der Waals surface area (Å²) in [5.41, 5.74) is 0.590. The summed E-state index contributed by atoms with van der Waals surface area (Å²) in [5.74, 6) is 1.86. The Hall–Kier alpha value is -2.09. The minimum atomic E-state index is -2.90. The Balaban J connectivity index is 2.13. The van der Waals surface area contributed by atoms with Crippen LogP contribution < -0.4 is 14.8 Å². The van der Waals surface area contributed by atoms with Gasteiger partial charge in [-0.1, -0.05) is 6.92 Å². The molecule has 1 N–H and O–H groups in total. The number of guanidine groups is 1. The second kappa shape index (κ2) is 11.7. The second-order valence-electron chi connectivity index (χ2n) is 6.72. The van der Waals surface area contributed by atoms with Crippen LogP contribution in [0.15, 0.2) is 23.2 Å². The van der Waals surface area contributed by atoms with Crippen LogP contribution >= 0.6 is 0 Å². The summed E-state index contributed by atoms with van der Waals surface area (Å²) in [6, 6.07) is 4.99. The summed E-state index contributed by atoms with van der Waals surface area (Å²) in [5, 5.41) is 3.28. The fourth-order valence-electron chi connectivity index (χ4n) is 3.16. The zero-order valence-electron chi connectivity index (χ0n) is 16.9. The molecule has 1 heterocycles. The SMILES string of the molecule is CCCOc1ccc(CN=C(NCC)N2CCC(COC)C2)c(OC(F)F)c1. The van der Waals surface area contributed by atoms with Crippen LogP contribution in [-0.2, 0) is 11.3 Å². The van der Waals surface area contributed by atoms with Crippen molar-refractivity contribution in [2.75, 3.05) is 40.0 Å². The summed E-state index contributed by atoms with van der Waals surface area (Å²) < 4.78 is 41.1. The van der Waals surface area contributed by atoms with Crippen molar-refractivity contribution in [3.63, 3.8) is 0 Å². The molecule has 1 fully saturated rings. The average molecular weight is 399 g/mol. The van der Waals surface area contributed by atoms with Crippen molar-refractivity contribution in [2.24, 2.45) is 10.9 Å². The van der Waals surface area contributed by atoms with E-state index in [0.29, 0.717) is 23.8 Å². The van der Waals surface area contributed by atoms with Crippen molar-refractivity contribution >= 4 is 5.96 Å². The quantitative estimate of drug-likeness (QED) is 0.482. The van der Waals surface area contributed by atoms with Crippen molar-refractivity contribution in [2.45, 2.75) is 39.8 Å². The van der Waals surface area contributed by atoms with E-state index in [1.165, 1.54) is 6.07 Å². The highest BCUT2D eigenvalue weighted by Gasteiger charge is 2.24. The van der Waals surface area contributed by atoms with Crippen LogP contribution in [0.25, 0.3) is 0 Å². The zero-order chi connectivity index (χ0) is 20.4. The van der Waals surface area contributed by atoms with Gasteiger partial charge in [0.15, 0.2) is 5.96 Å². The summed E-state index contributed by atoms with van der Waals surface area (Å²) >= 11 is 0. The molecule has 0 spiro atoms. The van der Waals surface area contributed by atoms with E-state index in [-0.39, 0.29) is 12.3 Å². The highest BCUT2D eigenvalue weighted by Crippen LogP contribution is 2.27. The topological polar surface area (TPSA) is 55.3 Å². The lowest BCUT2D eigenvalue weighted by atomic mass is 10.1. The smallest absolute Gasteiger partial charge is 0.387 e. The van der Waals surface area contributed by atoms with Crippen molar-refractivity contribution in [1.82, 2.24) is 10.2 Å². The molecular weight excluding hydrogens is 368 g/mol. The standard InChI is InChI=1S/C20H31F2N3O3/c1-4-10-27-17-7-6-16(18(11-17)28-19(21)22)12-24-20(23-5-2)25-9-8-15(13-25)14-26-3/h6-7,11,15,19H,4-5,8-10,12-14H2,1-3H3,(H,23,24). The first kappa shape index (κ1) is 22.2. The Morgan fingerprint density at radius 2 is 2.18 bits per heavy atom. The molecule has 0 aliphatic carbocycles. The molecule has 1 aromatic carbocycles. The maximum atomic E-state index is 12.8. The van der Waals surface area contributed by atoms with Gasteiger partial charge in [0.1, 0.15) is 11.5 Å². The van der Waals surface area contributed by atoms with E-state index < -0.39 is 6.61 Å². The van der Waals surface area contributed by atoms with E-state index in [4.69, 9.17) is 14.2 Å². The molecule has 2 rings (SSSR count). The summed E-state index contributed by atoms with van der Waals surface area (Å²) in [6.07, 6.45) is 1.88. The third kappa shape index (κ3) is 6.82. The molecular formula is C20H31F2N3O3. The number of nitrogens with one attached hydrogen (secondary N) is 1. The zero-order valence-corrected chi connectivity index (χ0v) is 16.9. The largest absolute Gasteiger partial charge is 0.493 e. The molecule has 1 aromatic rings. The summed E-state index contributed by atoms with van der Waals surface area (Å²) in [7, 11) is 1.71. The summed E-state index contributed by atoms with van der Waals surface area (Å²) in [6.45, 7) is 5.06. The van der Waals surface area contributed by atoms with Gasteiger partial charge in [0.05, 0.1) is 19.8 Å². The normalized spacial score (nSPS) is 17.3. The van der Waals surface area contributed by atoms with Gasteiger partial charge < -0.3 is 24.4 Å². The molecule has 8 heteroatoms. The Morgan fingerprint density at radius 1 is 1.36 bits per heavy atom. The van der Waals surface area contributed by atoms with Crippen LogP contribution in [0.1, 0.15) is 32.3 Å². The monoisotopic (exact) mass is 399 g/mol. The molecule has 1 aliphatic rings. The second-order valence-corrected chi connectivity index (χ2v) is 6.72. The van der Waals surface area contributed by atoms with Crippen LogP contribution in [0.2, 0.25) is 0 Å². The predicted octanol–water partition coefficient (Wildman–Crippen LogP) is 3.51. The van der Waals surface area contributed by atoms with Gasteiger partial charge in [-0.15, -0.1) is 0 Å². The molecule has 0 bridgehead atoms. The van der Waals surface area contributed by atoms with Crippen LogP contribution in [0.3, 0.4) is 0 Å². The third-order valence-corrected chi connectivity index (χ3v) is 4.45. The molecule has 28 heavy (non-hydrogen) atoms. The van der Waals surface area contributed by atoms with Gasteiger partial charge in [0.25, 0.3) is 0 Å². The van der Waals surface area contributed by atoms with Crippen molar-refractivity contribution < 1.29 is 23.0 Å². The predicted molar refractivity (Wildman–Crippen MR) is 105 cm³/mol. The first-order chi connectivity index (χ1) is 13.6. The molecule has 1 aliphatic heterocycles. The Kier molecular flexibility index (Phi) is 9.27. The molecule has 0 aromatic heterocycles. The number of ether oxygens (including phenoxy) is 3. The van der Waals surface area contributed by atoms with Crippen LogP contribution in [-0.4, -0.2) is 57.4 Å². The van der Waals surface area contributed by atoms with E-state index in [0.717, 1.165) is 45.0 Å². The molecule has 0 saturated carbocycles. The fraction of sp³-hybridized carbons (Fsp3) is 0.650. The van der Waals surface area contributed by atoms with Gasteiger partial charge in [-0.3, -0.25) is 0 Å². The van der Waals surface area contributed by atoms with E-state index >= 15 is 0 Å². The first-order valence-electron chi connectivity index (χ1n) is 9.80. The summed E-state index contributed by atoms with van der Waals surface area (Å²) in [4.78, 5) is 6.83. The molecule has 158 valence electrons. The number of aliphatic imine (C=N–C) groups is 1. The van der Waals surface area contributed by atoms with Gasteiger partial charge >= 0.3 is 6.61 Å². The number of hydrogen-bond donors (Lipinski definition) is 1. The van der Waals surface area contributed by atoms with Gasteiger partial charge in [0.2, 0.25) is 0 Å². The lowest BCUT2D eigenvalue weighted by molar-refractivity contribution is -0.0505. The molecule has 1 saturated heterocycles. The Morgan fingerprint density at radius 3 is 2.86 bits per heavy atom. The van der Waals surface area contributed by atoms with Crippen molar-refractivity contribution in [1.29, 1.82) is 0 Å². The van der Waals surface area contributed by atoms with Gasteiger partial charge in [0, 0.05) is 44.3 Å². The molecule has 1 atom stereocenters. The number of halogens is 2. The fourth-order valence-corrected chi connectivity index (χ4v) is 3.16. The molecule has 1 unspecified atom stereocenters. The van der Waals surface area contributed by atoms with Gasteiger partial charge in [-0.25, -0.2) is 4.99 Å². The van der Waals surface area contributed by atoms with E-state index in [1.54, 1.807) is 19.2 Å². The van der Waals surface area contributed by atoms with Crippen LogP contribution in [0.4, 0.5) is 8.78 Å². The minimum absolute atomic E-state index is 0.0990. The molecule has 0 radical (unpaired) electrons. The number of rotatable bonds is 10. The lowest BCUT2D eigenvalue weighted by Gasteiger charge is -2.22. The maximum Gasteiger partial charge on any atom is 0.387 e. The van der Waals surface area contributed by atoms with E-state index in [2.05, 4.69) is 15.2 Å². The molecule has 0 amide bonds. The first-order valence-corrected chi connectivity index (χ1v) is 9.80. The van der Waals surface area contributed by atoms with E-state index in [9.17, 15) is 8.78 Å². The van der Waals surface area contributed by atoms with E-state index in [1.807, 2.05) is 13.8 Å². The van der Waals surface area contributed by atoms with Crippen LogP contribution in [0.5, 0.6) is 11.5 Å². The Bertz CT molecular complexity index is 629. The minimum Gasteiger partial charge on any atom is -0.493 e. The lowest BCUT2D eigenvalue weighted by Crippen LogP contribution is -2.40. The number of methoxy groups -OCH3 is 1. The number of hydrogen-bond acceptors (Lipinski definition) is 4. The third-order valence-electron chi connectivity index (χ3n) is 4.45. The number of likely N-dealkylation sites (tertiary alicyclic amines) is 1. The number of nitrogens with zero attached hydrogens (tertiary/aromatic N) is 2. The highest BCUT2D eigenvalue weighted by molar-refractivity contribution is 5.80. The maximum absolute atomic E-state index is 12.8. The van der Waals surface area contributed by atoms with Crippen LogP contribution in [0, 0.1) is 5.92 Å². The van der Waals surface area contributed by atoms with Crippen molar-refractivity contribution in [3.05, 3.63) is 23.8 Å². The van der Waals surface area contributed by atoms with Gasteiger partial charge in [-0.05, 0) is 31.9 Å². The number of alkyl halides is 2. The highest BCUT2D eigenvalue weighted by atomic mass is 19.3. The van der Waals surface area contributed by atoms with Gasteiger partial charge in [-0.2, -0.15) is 8.78 Å². The van der Waals surface area contributed by atoms with Crippen molar-refractivity contribution in [3.8, 4) is 11.5 Å². The molecule has 6 nitrogen and oxygen atoms in total. The number of benzene rings is 1. The Labute approximate surface area is 165 Å². The average Bonchev–Trinajstić information content (AvgIpc) is 3.13.